The van der Waals surface area contributed by atoms with E-state index in [1.54, 1.807) is 0 Å². The predicted octanol–water partition coefficient (Wildman–Crippen LogP) is 1.63. The van der Waals surface area contributed by atoms with Gasteiger partial charge in [0.2, 0.25) is 0 Å². The SMILES string of the molecule is Cc1nc(Sc2ncc(N)cc2C(N)=O)nc(C)c1C. The number of primary amides is 1. The highest BCUT2D eigenvalue weighted by atomic mass is 32.2. The number of hydrogen-bond acceptors (Lipinski definition) is 6. The van der Waals surface area contributed by atoms with E-state index in [4.69, 9.17) is 11.5 Å². The largest absolute Gasteiger partial charge is 0.397 e. The van der Waals surface area contributed by atoms with E-state index in [1.807, 2.05) is 20.8 Å². The number of hydrogen-bond donors (Lipinski definition) is 2. The number of carbonyl (C=O) groups is 1. The molecule has 0 aliphatic carbocycles. The number of pyridine rings is 1. The minimum atomic E-state index is -0.576. The Morgan fingerprint density at radius 3 is 2.35 bits per heavy atom. The number of aromatic nitrogens is 3. The van der Waals surface area contributed by atoms with Crippen LogP contribution in [0.1, 0.15) is 27.3 Å². The summed E-state index contributed by atoms with van der Waals surface area (Å²) in [6.07, 6.45) is 1.47. The molecule has 1 amide bonds. The first kappa shape index (κ1) is 14.3. The zero-order valence-corrected chi connectivity index (χ0v) is 12.3. The number of nitrogens with zero attached hydrogens (tertiary/aromatic N) is 3. The maximum absolute atomic E-state index is 11.4. The molecule has 2 aromatic rings. The Morgan fingerprint density at radius 1 is 1.20 bits per heavy atom. The molecule has 6 nitrogen and oxygen atoms in total. The van der Waals surface area contributed by atoms with Crippen LogP contribution >= 0.6 is 11.8 Å². The summed E-state index contributed by atoms with van der Waals surface area (Å²) in [7, 11) is 0. The molecule has 0 aliphatic rings. The van der Waals surface area contributed by atoms with Crippen molar-refractivity contribution in [1.29, 1.82) is 0 Å². The van der Waals surface area contributed by atoms with Gasteiger partial charge in [-0.15, -0.1) is 0 Å². The third-order valence-electron chi connectivity index (χ3n) is 2.94. The highest BCUT2D eigenvalue weighted by Gasteiger charge is 2.14. The number of anilines is 1. The van der Waals surface area contributed by atoms with E-state index in [1.165, 1.54) is 24.0 Å². The van der Waals surface area contributed by atoms with E-state index in [9.17, 15) is 4.79 Å². The summed E-state index contributed by atoms with van der Waals surface area (Å²) in [6.45, 7) is 5.80. The average Bonchev–Trinajstić information content (AvgIpc) is 2.37. The Labute approximate surface area is 121 Å². The molecule has 0 radical (unpaired) electrons. The predicted molar refractivity (Wildman–Crippen MR) is 77.5 cm³/mol. The zero-order valence-electron chi connectivity index (χ0n) is 11.5. The second kappa shape index (κ2) is 5.46. The summed E-state index contributed by atoms with van der Waals surface area (Å²) >= 11 is 1.20. The van der Waals surface area contributed by atoms with Crippen molar-refractivity contribution in [2.75, 3.05) is 5.73 Å². The van der Waals surface area contributed by atoms with Crippen molar-refractivity contribution >= 4 is 23.4 Å². The number of carbonyl (C=O) groups excluding carboxylic acids is 1. The second-order valence-corrected chi connectivity index (χ2v) is 5.35. The van der Waals surface area contributed by atoms with Crippen LogP contribution in [0, 0.1) is 20.8 Å². The van der Waals surface area contributed by atoms with E-state index >= 15 is 0 Å². The topological polar surface area (TPSA) is 108 Å². The van der Waals surface area contributed by atoms with Crippen molar-refractivity contribution in [3.05, 3.63) is 34.8 Å². The highest BCUT2D eigenvalue weighted by molar-refractivity contribution is 7.99. The van der Waals surface area contributed by atoms with Gasteiger partial charge in [-0.2, -0.15) is 0 Å². The van der Waals surface area contributed by atoms with Gasteiger partial charge in [-0.1, -0.05) is 0 Å². The number of rotatable bonds is 3. The maximum atomic E-state index is 11.4. The third-order valence-corrected chi connectivity index (χ3v) is 3.82. The van der Waals surface area contributed by atoms with Crippen LogP contribution in [0.25, 0.3) is 0 Å². The third kappa shape index (κ3) is 2.88. The first-order chi connectivity index (χ1) is 9.38. The molecule has 2 heterocycles. The molecule has 0 aliphatic heterocycles. The van der Waals surface area contributed by atoms with Gasteiger partial charge in [0.1, 0.15) is 5.03 Å². The van der Waals surface area contributed by atoms with Crippen LogP contribution in [0.4, 0.5) is 5.69 Å². The quantitative estimate of drug-likeness (QED) is 0.831. The molecular formula is C13H15N5OS. The lowest BCUT2D eigenvalue weighted by molar-refractivity contribution is 0.0997. The van der Waals surface area contributed by atoms with Crippen LogP contribution in [0.3, 0.4) is 0 Å². The molecule has 2 rings (SSSR count). The minimum absolute atomic E-state index is 0.273. The smallest absolute Gasteiger partial charge is 0.251 e. The molecule has 0 bridgehead atoms. The zero-order chi connectivity index (χ0) is 14.9. The lowest BCUT2D eigenvalue weighted by atomic mass is 10.2. The van der Waals surface area contributed by atoms with Crippen molar-refractivity contribution in [2.45, 2.75) is 31.0 Å². The van der Waals surface area contributed by atoms with Crippen molar-refractivity contribution in [3.8, 4) is 0 Å². The fourth-order valence-corrected chi connectivity index (χ4v) is 2.51. The summed E-state index contributed by atoms with van der Waals surface area (Å²) in [5.74, 6) is -0.576. The van der Waals surface area contributed by atoms with Crippen molar-refractivity contribution < 1.29 is 4.79 Å². The van der Waals surface area contributed by atoms with Gasteiger partial charge < -0.3 is 11.5 Å². The van der Waals surface area contributed by atoms with Crippen LogP contribution in [-0.2, 0) is 0 Å². The van der Waals surface area contributed by atoms with Gasteiger partial charge in [0.25, 0.3) is 5.91 Å². The first-order valence-corrected chi connectivity index (χ1v) is 6.75. The van der Waals surface area contributed by atoms with Crippen LogP contribution in [-0.4, -0.2) is 20.9 Å². The Balaban J connectivity index is 2.42. The fraction of sp³-hybridized carbons (Fsp3) is 0.231. The van der Waals surface area contributed by atoms with Crippen molar-refractivity contribution in [1.82, 2.24) is 15.0 Å². The van der Waals surface area contributed by atoms with Crippen LogP contribution in [0.15, 0.2) is 22.4 Å². The molecule has 20 heavy (non-hydrogen) atoms. The Bertz CT molecular complexity index is 663. The molecule has 0 spiro atoms. The lowest BCUT2D eigenvalue weighted by Gasteiger charge is -2.08. The molecule has 0 aromatic carbocycles. The van der Waals surface area contributed by atoms with E-state index < -0.39 is 5.91 Å². The van der Waals surface area contributed by atoms with Gasteiger partial charge >= 0.3 is 0 Å². The highest BCUT2D eigenvalue weighted by Crippen LogP contribution is 2.28. The van der Waals surface area contributed by atoms with Crippen LogP contribution < -0.4 is 11.5 Å². The Morgan fingerprint density at radius 2 is 1.80 bits per heavy atom. The monoisotopic (exact) mass is 289 g/mol. The molecule has 0 fully saturated rings. The van der Waals surface area contributed by atoms with Crippen LogP contribution in [0.2, 0.25) is 0 Å². The first-order valence-electron chi connectivity index (χ1n) is 5.93. The molecule has 0 saturated heterocycles. The Kier molecular flexibility index (Phi) is 3.89. The average molecular weight is 289 g/mol. The minimum Gasteiger partial charge on any atom is -0.397 e. The van der Waals surface area contributed by atoms with Crippen LogP contribution in [0.5, 0.6) is 0 Å². The molecule has 0 atom stereocenters. The summed E-state index contributed by atoms with van der Waals surface area (Å²) < 4.78 is 0. The van der Waals surface area contributed by atoms with Crippen molar-refractivity contribution in [3.63, 3.8) is 0 Å². The summed E-state index contributed by atoms with van der Waals surface area (Å²) in [5, 5.41) is 0.986. The maximum Gasteiger partial charge on any atom is 0.251 e. The number of aryl methyl sites for hydroxylation is 2. The number of nitrogens with two attached hydrogens (primary N) is 2. The summed E-state index contributed by atoms with van der Waals surface area (Å²) in [5.41, 5.74) is 14.5. The lowest BCUT2D eigenvalue weighted by Crippen LogP contribution is -2.13. The van der Waals surface area contributed by atoms with E-state index in [0.717, 1.165) is 17.0 Å². The van der Waals surface area contributed by atoms with E-state index in [2.05, 4.69) is 15.0 Å². The second-order valence-electron chi connectivity index (χ2n) is 4.39. The molecule has 0 unspecified atom stereocenters. The molecular weight excluding hydrogens is 274 g/mol. The molecule has 7 heteroatoms. The normalized spacial score (nSPS) is 10.6. The van der Waals surface area contributed by atoms with Gasteiger partial charge in [0.05, 0.1) is 17.4 Å². The van der Waals surface area contributed by atoms with Gasteiger partial charge in [0, 0.05) is 11.4 Å². The van der Waals surface area contributed by atoms with Gasteiger partial charge in [-0.3, -0.25) is 4.79 Å². The Hall–Kier alpha value is -2.15. The van der Waals surface area contributed by atoms with Gasteiger partial charge in [0.15, 0.2) is 5.16 Å². The van der Waals surface area contributed by atoms with Crippen molar-refractivity contribution in [2.24, 2.45) is 5.73 Å². The summed E-state index contributed by atoms with van der Waals surface area (Å²) in [4.78, 5) is 24.3. The molecule has 4 N–H and O–H groups in total. The summed E-state index contributed by atoms with van der Waals surface area (Å²) in [6, 6.07) is 1.51. The molecule has 0 saturated carbocycles. The molecule has 2 aromatic heterocycles. The standard InChI is InChI=1S/C13H15N5OS/c1-6-7(2)17-13(18-8(6)3)20-12-10(11(15)19)4-9(14)5-16-12/h4-5H,14H2,1-3H3,(H2,15,19). The van der Waals surface area contributed by atoms with E-state index in [-0.39, 0.29) is 5.56 Å². The fourth-order valence-electron chi connectivity index (χ4n) is 1.60. The van der Waals surface area contributed by atoms with Gasteiger partial charge in [-0.05, 0) is 44.2 Å². The molecule has 104 valence electrons. The number of nitrogen functional groups attached to an aromatic ring is 1. The van der Waals surface area contributed by atoms with Gasteiger partial charge in [-0.25, -0.2) is 15.0 Å². The van der Waals surface area contributed by atoms with E-state index in [0.29, 0.717) is 15.9 Å². The number of amides is 1.